The van der Waals surface area contributed by atoms with E-state index < -0.39 is 0 Å². The first-order chi connectivity index (χ1) is 8.06. The molecular weight excluding hydrogens is 219 g/mol. The Morgan fingerprint density at radius 2 is 2.24 bits per heavy atom. The predicted octanol–water partition coefficient (Wildman–Crippen LogP) is 1.28. The molecule has 4 heteroatoms. The number of para-hydroxylation sites is 1. The molecule has 17 heavy (non-hydrogen) atoms. The van der Waals surface area contributed by atoms with Crippen molar-refractivity contribution in [2.24, 2.45) is 5.73 Å². The molecule has 0 saturated carbocycles. The molecular formula is C13H19FN2O. The lowest BCUT2D eigenvalue weighted by molar-refractivity contribution is 0.245. The smallest absolute Gasteiger partial charge is 0.146 e. The van der Waals surface area contributed by atoms with Crippen molar-refractivity contribution in [3.05, 3.63) is 29.6 Å². The highest BCUT2D eigenvalue weighted by atomic mass is 19.1. The maximum absolute atomic E-state index is 13.9. The molecule has 1 aromatic rings. The third-order valence-corrected chi connectivity index (χ3v) is 3.38. The summed E-state index contributed by atoms with van der Waals surface area (Å²) >= 11 is 0. The molecule has 0 bridgehead atoms. The molecule has 0 amide bonds. The Balaban J connectivity index is 2.42. The Kier molecular flexibility index (Phi) is 3.35. The molecule has 0 spiro atoms. The molecule has 1 aromatic carbocycles. The van der Waals surface area contributed by atoms with E-state index in [-0.39, 0.29) is 30.5 Å². The van der Waals surface area contributed by atoms with Gasteiger partial charge in [-0.15, -0.1) is 0 Å². The Morgan fingerprint density at radius 3 is 2.82 bits per heavy atom. The zero-order chi connectivity index (χ0) is 12.6. The summed E-state index contributed by atoms with van der Waals surface area (Å²) in [4.78, 5) is 1.99. The highest BCUT2D eigenvalue weighted by Gasteiger charge is 2.36. The van der Waals surface area contributed by atoms with Crippen LogP contribution in [0.1, 0.15) is 19.4 Å². The molecule has 2 unspecified atom stereocenters. The van der Waals surface area contributed by atoms with Crippen LogP contribution in [0.3, 0.4) is 0 Å². The number of nitrogens with two attached hydrogens (primary N) is 1. The first kappa shape index (κ1) is 12.3. The minimum atomic E-state index is -0.343. The van der Waals surface area contributed by atoms with Gasteiger partial charge in [-0.05, 0) is 31.9 Å². The minimum Gasteiger partial charge on any atom is -0.395 e. The van der Waals surface area contributed by atoms with E-state index in [1.807, 2.05) is 24.8 Å². The van der Waals surface area contributed by atoms with E-state index in [9.17, 15) is 9.50 Å². The number of fused-ring (bicyclic) bond motifs is 1. The van der Waals surface area contributed by atoms with Crippen molar-refractivity contribution in [1.82, 2.24) is 0 Å². The van der Waals surface area contributed by atoms with E-state index in [1.165, 1.54) is 6.07 Å². The molecule has 0 saturated heterocycles. The number of hydrogen-bond donors (Lipinski definition) is 2. The van der Waals surface area contributed by atoms with Crippen LogP contribution in [0, 0.1) is 5.82 Å². The summed E-state index contributed by atoms with van der Waals surface area (Å²) in [6.45, 7) is 3.95. The third kappa shape index (κ3) is 2.03. The minimum absolute atomic E-state index is 0.0214. The second-order valence-electron chi connectivity index (χ2n) is 4.87. The van der Waals surface area contributed by atoms with Gasteiger partial charge < -0.3 is 15.7 Å². The zero-order valence-corrected chi connectivity index (χ0v) is 10.2. The van der Waals surface area contributed by atoms with E-state index in [4.69, 9.17) is 5.73 Å². The van der Waals surface area contributed by atoms with Crippen molar-refractivity contribution in [3.63, 3.8) is 0 Å². The predicted molar refractivity (Wildman–Crippen MR) is 66.6 cm³/mol. The Labute approximate surface area is 101 Å². The molecule has 94 valence electrons. The number of aliphatic hydroxyl groups is 1. The molecule has 0 aliphatic carbocycles. The van der Waals surface area contributed by atoms with Gasteiger partial charge in [-0.25, -0.2) is 4.39 Å². The van der Waals surface area contributed by atoms with Gasteiger partial charge >= 0.3 is 0 Å². The van der Waals surface area contributed by atoms with Gasteiger partial charge in [0.15, 0.2) is 0 Å². The maximum Gasteiger partial charge on any atom is 0.146 e. The largest absolute Gasteiger partial charge is 0.395 e. The lowest BCUT2D eigenvalue weighted by Gasteiger charge is -2.34. The van der Waals surface area contributed by atoms with Crippen LogP contribution < -0.4 is 10.6 Å². The molecule has 1 aliphatic heterocycles. The summed E-state index contributed by atoms with van der Waals surface area (Å²) in [6, 6.07) is 4.92. The van der Waals surface area contributed by atoms with Crippen LogP contribution in [0.25, 0.3) is 0 Å². The number of anilines is 1. The summed E-state index contributed by atoms with van der Waals surface area (Å²) in [7, 11) is 0. The number of hydrogen-bond acceptors (Lipinski definition) is 3. The van der Waals surface area contributed by atoms with Gasteiger partial charge in [-0.2, -0.15) is 0 Å². The van der Waals surface area contributed by atoms with Crippen molar-refractivity contribution in [1.29, 1.82) is 0 Å². The summed E-state index contributed by atoms with van der Waals surface area (Å²) in [5.74, 6) is -0.205. The Morgan fingerprint density at radius 1 is 1.53 bits per heavy atom. The molecule has 2 atom stereocenters. The summed E-state index contributed by atoms with van der Waals surface area (Å²) in [5, 5.41) is 9.20. The van der Waals surface area contributed by atoms with Crippen molar-refractivity contribution in [2.75, 3.05) is 11.5 Å². The average Bonchev–Trinajstić information content (AvgIpc) is 2.68. The number of benzene rings is 1. The monoisotopic (exact) mass is 238 g/mol. The van der Waals surface area contributed by atoms with Gasteiger partial charge in [0, 0.05) is 12.1 Å². The molecule has 0 aromatic heterocycles. The van der Waals surface area contributed by atoms with Gasteiger partial charge in [0.1, 0.15) is 5.82 Å². The first-order valence-corrected chi connectivity index (χ1v) is 5.98. The fourth-order valence-electron chi connectivity index (χ4n) is 2.62. The molecule has 3 N–H and O–H groups in total. The fraction of sp³-hybridized carbons (Fsp3) is 0.538. The highest BCUT2D eigenvalue weighted by Crippen LogP contribution is 2.36. The van der Waals surface area contributed by atoms with E-state index in [0.717, 1.165) is 5.56 Å². The van der Waals surface area contributed by atoms with Crippen LogP contribution in [0.5, 0.6) is 0 Å². The Bertz CT molecular complexity index is 408. The van der Waals surface area contributed by atoms with Crippen molar-refractivity contribution in [3.8, 4) is 0 Å². The van der Waals surface area contributed by atoms with Gasteiger partial charge in [-0.1, -0.05) is 12.1 Å². The van der Waals surface area contributed by atoms with E-state index in [2.05, 4.69) is 0 Å². The number of rotatable bonds is 3. The number of nitrogens with zero attached hydrogens (tertiary/aromatic N) is 1. The third-order valence-electron chi connectivity index (χ3n) is 3.38. The summed E-state index contributed by atoms with van der Waals surface area (Å²) in [5.41, 5.74) is 7.55. The quantitative estimate of drug-likeness (QED) is 0.834. The van der Waals surface area contributed by atoms with E-state index >= 15 is 0 Å². The lowest BCUT2D eigenvalue weighted by Crippen LogP contribution is -2.51. The highest BCUT2D eigenvalue weighted by molar-refractivity contribution is 5.61. The standard InChI is InChI=1S/C13H19FN2O/c1-8(2)16-12(11(15)7-17)6-9-4-3-5-10(14)13(9)16/h3-5,8,11-12,17H,6-7,15H2,1-2H3. The fourth-order valence-corrected chi connectivity index (χ4v) is 2.62. The number of aliphatic hydroxyl groups excluding tert-OH is 1. The summed E-state index contributed by atoms with van der Waals surface area (Å²) in [6.07, 6.45) is 0.701. The van der Waals surface area contributed by atoms with E-state index in [0.29, 0.717) is 12.1 Å². The molecule has 0 radical (unpaired) electrons. The molecule has 2 rings (SSSR count). The topological polar surface area (TPSA) is 49.5 Å². The number of halogens is 1. The van der Waals surface area contributed by atoms with Crippen LogP contribution >= 0.6 is 0 Å². The zero-order valence-electron chi connectivity index (χ0n) is 10.2. The van der Waals surface area contributed by atoms with Crippen LogP contribution in [0.2, 0.25) is 0 Å². The van der Waals surface area contributed by atoms with Crippen LogP contribution in [0.15, 0.2) is 18.2 Å². The maximum atomic E-state index is 13.9. The molecule has 3 nitrogen and oxygen atoms in total. The van der Waals surface area contributed by atoms with Crippen LogP contribution in [-0.4, -0.2) is 29.8 Å². The van der Waals surface area contributed by atoms with Gasteiger partial charge in [-0.3, -0.25) is 0 Å². The van der Waals surface area contributed by atoms with Crippen molar-refractivity contribution >= 4 is 5.69 Å². The second kappa shape index (κ2) is 4.63. The van der Waals surface area contributed by atoms with Crippen LogP contribution in [-0.2, 0) is 6.42 Å². The van der Waals surface area contributed by atoms with Crippen molar-refractivity contribution < 1.29 is 9.50 Å². The van der Waals surface area contributed by atoms with Gasteiger partial charge in [0.25, 0.3) is 0 Å². The lowest BCUT2D eigenvalue weighted by atomic mass is 10.0. The van der Waals surface area contributed by atoms with Gasteiger partial charge in [0.05, 0.1) is 18.3 Å². The summed E-state index contributed by atoms with van der Waals surface area (Å²) < 4.78 is 13.9. The average molecular weight is 238 g/mol. The van der Waals surface area contributed by atoms with Crippen LogP contribution in [0.4, 0.5) is 10.1 Å². The SMILES string of the molecule is CC(C)N1c2c(F)cccc2CC1C(N)CO. The van der Waals surface area contributed by atoms with E-state index in [1.54, 1.807) is 6.07 Å². The molecule has 0 fully saturated rings. The first-order valence-electron chi connectivity index (χ1n) is 5.98. The van der Waals surface area contributed by atoms with Gasteiger partial charge in [0.2, 0.25) is 0 Å². The molecule has 1 heterocycles. The van der Waals surface area contributed by atoms with Crippen molar-refractivity contribution in [2.45, 2.75) is 38.4 Å². The second-order valence-corrected chi connectivity index (χ2v) is 4.87. The molecule has 1 aliphatic rings. The Hall–Kier alpha value is -1.13. The normalized spacial score (nSPS) is 20.8.